The van der Waals surface area contributed by atoms with Gasteiger partial charge in [-0.05, 0) is 23.8 Å². The van der Waals surface area contributed by atoms with E-state index in [0.29, 0.717) is 23.5 Å². The van der Waals surface area contributed by atoms with Crippen LogP contribution in [-0.2, 0) is 5.75 Å². The number of nitrogens with zero attached hydrogens (tertiary/aromatic N) is 3. The fourth-order valence-corrected chi connectivity index (χ4v) is 2.24. The normalized spacial score (nSPS) is 11.1. The molecular weight excluding hydrogens is 248 g/mol. The first kappa shape index (κ1) is 12.9. The summed E-state index contributed by atoms with van der Waals surface area (Å²) in [5.41, 5.74) is 6.31. The zero-order valence-electron chi connectivity index (χ0n) is 10.5. The molecule has 6 heteroatoms. The van der Waals surface area contributed by atoms with Crippen LogP contribution in [0.3, 0.4) is 0 Å². The molecular formula is C12H16N4OS. The zero-order chi connectivity index (χ0) is 13.0. The molecule has 2 aromatic heterocycles. The Labute approximate surface area is 110 Å². The SMILES string of the molecule is CC(C)CSCc1noc(-c2ccc(N)nc2)n1. The Morgan fingerprint density at radius 1 is 1.39 bits per heavy atom. The van der Waals surface area contributed by atoms with Crippen molar-refractivity contribution < 1.29 is 4.52 Å². The highest BCUT2D eigenvalue weighted by molar-refractivity contribution is 7.98. The second kappa shape index (κ2) is 5.86. The summed E-state index contributed by atoms with van der Waals surface area (Å²) in [6, 6.07) is 3.54. The number of anilines is 1. The molecule has 96 valence electrons. The molecule has 0 unspecified atom stereocenters. The highest BCUT2D eigenvalue weighted by Gasteiger charge is 2.09. The van der Waals surface area contributed by atoms with Gasteiger partial charge in [-0.15, -0.1) is 0 Å². The predicted octanol–water partition coefficient (Wildman–Crippen LogP) is 2.60. The third-order valence-electron chi connectivity index (χ3n) is 2.18. The first-order chi connectivity index (χ1) is 8.65. The summed E-state index contributed by atoms with van der Waals surface area (Å²) in [7, 11) is 0. The van der Waals surface area contributed by atoms with Crippen LogP contribution in [-0.4, -0.2) is 20.9 Å². The van der Waals surface area contributed by atoms with E-state index in [4.69, 9.17) is 10.3 Å². The fraction of sp³-hybridized carbons (Fsp3) is 0.417. The number of nitrogens with two attached hydrogens (primary N) is 1. The van der Waals surface area contributed by atoms with Crippen LogP contribution in [0.4, 0.5) is 5.82 Å². The Morgan fingerprint density at radius 3 is 2.89 bits per heavy atom. The molecule has 2 N–H and O–H groups in total. The molecule has 0 radical (unpaired) electrons. The third kappa shape index (κ3) is 3.46. The molecule has 5 nitrogen and oxygen atoms in total. The van der Waals surface area contributed by atoms with Crippen LogP contribution in [0.1, 0.15) is 19.7 Å². The molecule has 0 atom stereocenters. The quantitative estimate of drug-likeness (QED) is 0.894. The van der Waals surface area contributed by atoms with E-state index in [1.807, 2.05) is 6.07 Å². The third-order valence-corrected chi connectivity index (χ3v) is 3.55. The molecule has 0 saturated carbocycles. The highest BCUT2D eigenvalue weighted by atomic mass is 32.2. The van der Waals surface area contributed by atoms with Crippen molar-refractivity contribution in [3.8, 4) is 11.5 Å². The van der Waals surface area contributed by atoms with Crippen LogP contribution in [0, 0.1) is 5.92 Å². The summed E-state index contributed by atoms with van der Waals surface area (Å²) < 4.78 is 5.19. The summed E-state index contributed by atoms with van der Waals surface area (Å²) in [6.45, 7) is 4.38. The average molecular weight is 264 g/mol. The summed E-state index contributed by atoms with van der Waals surface area (Å²) in [5, 5.41) is 3.95. The molecule has 2 aromatic rings. The molecule has 0 saturated heterocycles. The number of thioether (sulfide) groups is 1. The smallest absolute Gasteiger partial charge is 0.259 e. The van der Waals surface area contributed by atoms with E-state index in [9.17, 15) is 0 Å². The molecule has 0 aromatic carbocycles. The Hall–Kier alpha value is -1.56. The van der Waals surface area contributed by atoms with Gasteiger partial charge in [0.1, 0.15) is 5.82 Å². The lowest BCUT2D eigenvalue weighted by molar-refractivity contribution is 0.425. The summed E-state index contributed by atoms with van der Waals surface area (Å²) >= 11 is 1.80. The van der Waals surface area contributed by atoms with Gasteiger partial charge in [0.15, 0.2) is 5.82 Å². The minimum Gasteiger partial charge on any atom is -0.384 e. The molecule has 0 amide bonds. The van der Waals surface area contributed by atoms with Gasteiger partial charge in [0, 0.05) is 6.20 Å². The molecule has 0 aliphatic carbocycles. The molecule has 0 fully saturated rings. The van der Waals surface area contributed by atoms with Crippen LogP contribution >= 0.6 is 11.8 Å². The van der Waals surface area contributed by atoms with Crippen molar-refractivity contribution >= 4 is 17.6 Å². The first-order valence-corrected chi connectivity index (χ1v) is 6.93. The summed E-state index contributed by atoms with van der Waals surface area (Å²) in [5.74, 6) is 4.21. The minimum absolute atomic E-state index is 0.478. The van der Waals surface area contributed by atoms with Crippen molar-refractivity contribution in [2.45, 2.75) is 19.6 Å². The van der Waals surface area contributed by atoms with Crippen LogP contribution in [0.15, 0.2) is 22.9 Å². The molecule has 0 aliphatic rings. The van der Waals surface area contributed by atoms with Gasteiger partial charge in [-0.2, -0.15) is 16.7 Å². The fourth-order valence-electron chi connectivity index (χ4n) is 1.35. The van der Waals surface area contributed by atoms with Crippen molar-refractivity contribution in [3.05, 3.63) is 24.2 Å². The second-order valence-corrected chi connectivity index (χ2v) is 5.43. The number of rotatable bonds is 5. The van der Waals surface area contributed by atoms with E-state index in [0.717, 1.165) is 17.1 Å². The van der Waals surface area contributed by atoms with E-state index in [1.165, 1.54) is 0 Å². The van der Waals surface area contributed by atoms with Crippen molar-refractivity contribution in [3.63, 3.8) is 0 Å². The summed E-state index contributed by atoms with van der Waals surface area (Å²) in [6.07, 6.45) is 1.63. The van der Waals surface area contributed by atoms with Crippen molar-refractivity contribution in [2.24, 2.45) is 5.92 Å². The lowest BCUT2D eigenvalue weighted by Gasteiger charge is -2.00. The lowest BCUT2D eigenvalue weighted by Crippen LogP contribution is -1.92. The van der Waals surface area contributed by atoms with Crippen LogP contribution < -0.4 is 5.73 Å². The maximum Gasteiger partial charge on any atom is 0.259 e. The number of aromatic nitrogens is 3. The van der Waals surface area contributed by atoms with Gasteiger partial charge in [0.2, 0.25) is 0 Å². The van der Waals surface area contributed by atoms with Gasteiger partial charge >= 0.3 is 0 Å². The average Bonchev–Trinajstić information content (AvgIpc) is 2.78. The van der Waals surface area contributed by atoms with Gasteiger partial charge in [-0.25, -0.2) is 4.98 Å². The van der Waals surface area contributed by atoms with Crippen LogP contribution in [0.25, 0.3) is 11.5 Å². The Balaban J connectivity index is 1.99. The lowest BCUT2D eigenvalue weighted by atomic mass is 10.3. The van der Waals surface area contributed by atoms with Crippen LogP contribution in [0.5, 0.6) is 0 Å². The molecule has 2 rings (SSSR count). The number of nitrogen functional groups attached to an aromatic ring is 1. The molecule has 0 bridgehead atoms. The van der Waals surface area contributed by atoms with Crippen LogP contribution in [0.2, 0.25) is 0 Å². The topological polar surface area (TPSA) is 77.8 Å². The van der Waals surface area contributed by atoms with E-state index in [2.05, 4.69) is 29.0 Å². The van der Waals surface area contributed by atoms with Gasteiger partial charge in [0.05, 0.1) is 11.3 Å². The predicted molar refractivity (Wildman–Crippen MR) is 72.9 cm³/mol. The maximum atomic E-state index is 5.52. The molecule has 0 spiro atoms. The second-order valence-electron chi connectivity index (χ2n) is 4.40. The Kier molecular flexibility index (Phi) is 4.19. The molecule has 0 aliphatic heterocycles. The maximum absolute atomic E-state index is 5.52. The van der Waals surface area contributed by atoms with Gasteiger partial charge in [-0.1, -0.05) is 19.0 Å². The number of hydrogen-bond acceptors (Lipinski definition) is 6. The van der Waals surface area contributed by atoms with Gasteiger partial charge < -0.3 is 10.3 Å². The van der Waals surface area contributed by atoms with E-state index in [1.54, 1.807) is 24.0 Å². The largest absolute Gasteiger partial charge is 0.384 e. The first-order valence-electron chi connectivity index (χ1n) is 5.77. The van der Waals surface area contributed by atoms with Gasteiger partial charge in [0.25, 0.3) is 5.89 Å². The summed E-state index contributed by atoms with van der Waals surface area (Å²) in [4.78, 5) is 8.32. The standard InChI is InChI=1S/C12H16N4OS/c1-8(2)6-18-7-11-15-12(17-16-11)9-3-4-10(13)14-5-9/h3-5,8H,6-7H2,1-2H3,(H2,13,14). The zero-order valence-corrected chi connectivity index (χ0v) is 11.3. The molecule has 2 heterocycles. The minimum atomic E-state index is 0.478. The number of pyridine rings is 1. The number of hydrogen-bond donors (Lipinski definition) is 1. The van der Waals surface area contributed by atoms with Crippen molar-refractivity contribution in [1.82, 2.24) is 15.1 Å². The van der Waals surface area contributed by atoms with Crippen molar-refractivity contribution in [2.75, 3.05) is 11.5 Å². The van der Waals surface area contributed by atoms with E-state index < -0.39 is 0 Å². The van der Waals surface area contributed by atoms with Gasteiger partial charge in [-0.3, -0.25) is 0 Å². The van der Waals surface area contributed by atoms with E-state index in [-0.39, 0.29) is 0 Å². The monoisotopic (exact) mass is 264 g/mol. The van der Waals surface area contributed by atoms with E-state index >= 15 is 0 Å². The molecule has 18 heavy (non-hydrogen) atoms. The Bertz CT molecular complexity index is 495. The highest BCUT2D eigenvalue weighted by Crippen LogP contribution is 2.19. The Morgan fingerprint density at radius 2 is 2.22 bits per heavy atom. The van der Waals surface area contributed by atoms with Crippen molar-refractivity contribution in [1.29, 1.82) is 0 Å².